The molecule has 2 aromatic rings. The molecule has 0 bridgehead atoms. The van der Waals surface area contributed by atoms with E-state index in [0.29, 0.717) is 19.0 Å². The largest absolute Gasteiger partial charge is 0.361 e. The second-order valence-corrected chi connectivity index (χ2v) is 7.14. The number of benzene rings is 1. The lowest BCUT2D eigenvalue weighted by atomic mass is 9.94. The molecule has 5 nitrogen and oxygen atoms in total. The van der Waals surface area contributed by atoms with Crippen molar-refractivity contribution in [2.24, 2.45) is 11.3 Å². The number of amides is 2. The Morgan fingerprint density at radius 1 is 1.38 bits per heavy atom. The van der Waals surface area contributed by atoms with Gasteiger partial charge in [-0.3, -0.25) is 9.59 Å². The molecule has 0 radical (unpaired) electrons. The van der Waals surface area contributed by atoms with Gasteiger partial charge in [-0.05, 0) is 36.8 Å². The number of carbonyl (C=O) groups is 2. The van der Waals surface area contributed by atoms with Crippen LogP contribution in [0.4, 0.5) is 0 Å². The summed E-state index contributed by atoms with van der Waals surface area (Å²) in [5.74, 6) is 0.647. The van der Waals surface area contributed by atoms with Crippen LogP contribution in [0.1, 0.15) is 25.3 Å². The quantitative estimate of drug-likeness (QED) is 0.904. The van der Waals surface area contributed by atoms with Gasteiger partial charge in [-0.15, -0.1) is 0 Å². The summed E-state index contributed by atoms with van der Waals surface area (Å²) in [4.78, 5) is 29.2. The molecule has 126 valence electrons. The average Bonchev–Trinajstić information content (AvgIpc) is 3.20. The van der Waals surface area contributed by atoms with E-state index in [1.165, 1.54) is 10.9 Å². The van der Waals surface area contributed by atoms with E-state index in [0.717, 1.165) is 31.3 Å². The molecule has 2 aliphatic rings. The SMILES string of the molecule is CC(=O)N1CC[C@@]2(C(=O)NCCc3c[nH]c4ccccc34)C[C@@H]2C1. The van der Waals surface area contributed by atoms with Crippen LogP contribution in [0, 0.1) is 11.3 Å². The standard InChI is InChI=1S/C19H23N3O2/c1-13(23)22-9-7-19(10-15(19)12-22)18(24)20-8-6-14-11-21-17-5-3-2-4-16(14)17/h2-5,11,15,21H,6-10,12H2,1H3,(H,20,24)/t15-,19-/m1/s1. The number of hydrogen-bond acceptors (Lipinski definition) is 2. The maximum Gasteiger partial charge on any atom is 0.226 e. The number of para-hydroxylation sites is 1. The van der Waals surface area contributed by atoms with Crippen LogP contribution in [0.2, 0.25) is 0 Å². The molecular formula is C19H23N3O2. The Morgan fingerprint density at radius 3 is 3.00 bits per heavy atom. The summed E-state index contributed by atoms with van der Waals surface area (Å²) in [6.45, 7) is 3.72. The smallest absolute Gasteiger partial charge is 0.226 e. The van der Waals surface area contributed by atoms with E-state index in [1.54, 1.807) is 6.92 Å². The van der Waals surface area contributed by atoms with E-state index >= 15 is 0 Å². The molecule has 5 heteroatoms. The van der Waals surface area contributed by atoms with Crippen molar-refractivity contribution >= 4 is 22.7 Å². The first-order chi connectivity index (χ1) is 11.6. The number of rotatable bonds is 4. The van der Waals surface area contributed by atoms with Crippen LogP contribution >= 0.6 is 0 Å². The molecule has 2 fully saturated rings. The van der Waals surface area contributed by atoms with Crippen LogP contribution in [-0.4, -0.2) is 41.3 Å². The van der Waals surface area contributed by atoms with Gasteiger partial charge in [-0.1, -0.05) is 18.2 Å². The number of nitrogens with one attached hydrogen (secondary N) is 2. The lowest BCUT2D eigenvalue weighted by Gasteiger charge is -2.30. The minimum absolute atomic E-state index is 0.121. The van der Waals surface area contributed by atoms with Crippen LogP contribution in [0.3, 0.4) is 0 Å². The van der Waals surface area contributed by atoms with Crippen molar-refractivity contribution in [2.75, 3.05) is 19.6 Å². The van der Waals surface area contributed by atoms with E-state index in [4.69, 9.17) is 0 Å². The van der Waals surface area contributed by atoms with Gasteiger partial charge < -0.3 is 15.2 Å². The number of piperidine rings is 1. The zero-order valence-electron chi connectivity index (χ0n) is 14.0. The molecule has 4 rings (SSSR count). The first kappa shape index (κ1) is 15.2. The molecule has 1 aromatic heterocycles. The third-order valence-electron chi connectivity index (χ3n) is 5.75. The molecule has 2 heterocycles. The summed E-state index contributed by atoms with van der Waals surface area (Å²) in [7, 11) is 0. The molecule has 24 heavy (non-hydrogen) atoms. The predicted molar refractivity (Wildman–Crippen MR) is 92.4 cm³/mol. The maximum atomic E-state index is 12.6. The van der Waals surface area contributed by atoms with Crippen LogP contribution in [0.15, 0.2) is 30.5 Å². The van der Waals surface area contributed by atoms with Crippen molar-refractivity contribution in [2.45, 2.75) is 26.2 Å². The topological polar surface area (TPSA) is 65.2 Å². The van der Waals surface area contributed by atoms with Gasteiger partial charge in [0.1, 0.15) is 0 Å². The number of fused-ring (bicyclic) bond motifs is 2. The highest BCUT2D eigenvalue weighted by Gasteiger charge is 2.61. The van der Waals surface area contributed by atoms with Gasteiger partial charge in [0.25, 0.3) is 0 Å². The first-order valence-electron chi connectivity index (χ1n) is 8.69. The Balaban J connectivity index is 1.33. The van der Waals surface area contributed by atoms with Gasteiger partial charge in [-0.25, -0.2) is 0 Å². The molecule has 1 saturated heterocycles. The fourth-order valence-electron chi connectivity index (χ4n) is 4.12. The monoisotopic (exact) mass is 325 g/mol. The molecule has 2 N–H and O–H groups in total. The zero-order chi connectivity index (χ0) is 16.7. The minimum Gasteiger partial charge on any atom is -0.361 e. The third kappa shape index (κ3) is 2.48. The molecule has 1 aliphatic heterocycles. The Morgan fingerprint density at radius 2 is 2.21 bits per heavy atom. The summed E-state index contributed by atoms with van der Waals surface area (Å²) in [6.07, 6.45) is 4.59. The number of carbonyl (C=O) groups excluding carboxylic acids is 2. The lowest BCUT2D eigenvalue weighted by Crippen LogP contribution is -2.44. The van der Waals surface area contributed by atoms with Crippen molar-refractivity contribution < 1.29 is 9.59 Å². The molecule has 0 spiro atoms. The summed E-state index contributed by atoms with van der Waals surface area (Å²) < 4.78 is 0. The van der Waals surface area contributed by atoms with Gasteiger partial charge >= 0.3 is 0 Å². The van der Waals surface area contributed by atoms with Crippen molar-refractivity contribution in [1.82, 2.24) is 15.2 Å². The highest BCUT2D eigenvalue weighted by atomic mass is 16.2. The second kappa shape index (κ2) is 5.65. The number of hydrogen-bond donors (Lipinski definition) is 2. The third-order valence-corrected chi connectivity index (χ3v) is 5.75. The lowest BCUT2D eigenvalue weighted by molar-refractivity contribution is -0.134. The normalized spacial score (nSPS) is 25.4. The molecule has 0 unspecified atom stereocenters. The van der Waals surface area contributed by atoms with Gasteiger partial charge in [-0.2, -0.15) is 0 Å². The summed E-state index contributed by atoms with van der Waals surface area (Å²) >= 11 is 0. The maximum absolute atomic E-state index is 12.6. The Bertz CT molecular complexity index is 797. The summed E-state index contributed by atoms with van der Waals surface area (Å²) in [6, 6.07) is 8.23. The second-order valence-electron chi connectivity index (χ2n) is 7.14. The van der Waals surface area contributed by atoms with Crippen LogP contribution in [0.5, 0.6) is 0 Å². The van der Waals surface area contributed by atoms with E-state index in [-0.39, 0.29) is 17.2 Å². The van der Waals surface area contributed by atoms with Crippen molar-refractivity contribution in [3.8, 4) is 0 Å². The Kier molecular flexibility index (Phi) is 3.59. The van der Waals surface area contributed by atoms with Crippen LogP contribution < -0.4 is 5.32 Å². The van der Waals surface area contributed by atoms with Gasteiger partial charge in [0.2, 0.25) is 11.8 Å². The van der Waals surface area contributed by atoms with E-state index in [1.807, 2.05) is 23.2 Å². The Hall–Kier alpha value is -2.30. The minimum atomic E-state index is -0.202. The Labute approximate surface area is 141 Å². The molecule has 1 aliphatic carbocycles. The molecule has 2 atom stereocenters. The summed E-state index contributed by atoms with van der Waals surface area (Å²) in [5, 5.41) is 4.35. The number of likely N-dealkylation sites (tertiary alicyclic amines) is 1. The van der Waals surface area contributed by atoms with E-state index in [2.05, 4.69) is 22.4 Å². The number of aromatic amines is 1. The fourth-order valence-corrected chi connectivity index (χ4v) is 4.12. The molecule has 2 amide bonds. The number of H-pyrrole nitrogens is 1. The zero-order valence-corrected chi connectivity index (χ0v) is 14.0. The van der Waals surface area contributed by atoms with Gasteiger partial charge in [0.15, 0.2) is 0 Å². The highest BCUT2D eigenvalue weighted by molar-refractivity contribution is 5.87. The summed E-state index contributed by atoms with van der Waals surface area (Å²) in [5.41, 5.74) is 2.17. The van der Waals surface area contributed by atoms with Crippen molar-refractivity contribution in [3.05, 3.63) is 36.0 Å². The average molecular weight is 325 g/mol. The first-order valence-corrected chi connectivity index (χ1v) is 8.69. The number of nitrogens with zero attached hydrogens (tertiary/aromatic N) is 1. The predicted octanol–water partition coefficient (Wildman–Crippen LogP) is 2.09. The molecular weight excluding hydrogens is 302 g/mol. The van der Waals surface area contributed by atoms with Crippen LogP contribution in [0.25, 0.3) is 10.9 Å². The van der Waals surface area contributed by atoms with Crippen molar-refractivity contribution in [1.29, 1.82) is 0 Å². The number of aromatic nitrogens is 1. The van der Waals surface area contributed by atoms with E-state index in [9.17, 15) is 9.59 Å². The van der Waals surface area contributed by atoms with Gasteiger partial charge in [0, 0.05) is 43.7 Å². The van der Waals surface area contributed by atoms with Gasteiger partial charge in [0.05, 0.1) is 5.41 Å². The fraction of sp³-hybridized carbons (Fsp3) is 0.474. The van der Waals surface area contributed by atoms with E-state index < -0.39 is 0 Å². The van der Waals surface area contributed by atoms with Crippen molar-refractivity contribution in [3.63, 3.8) is 0 Å². The van der Waals surface area contributed by atoms with Crippen LogP contribution in [-0.2, 0) is 16.0 Å². The highest BCUT2D eigenvalue weighted by Crippen LogP contribution is 2.58. The molecule has 1 saturated carbocycles. The molecule has 1 aromatic carbocycles.